The van der Waals surface area contributed by atoms with E-state index in [0.29, 0.717) is 13.1 Å². The lowest BCUT2D eigenvalue weighted by molar-refractivity contribution is -0.147. The predicted octanol–water partition coefficient (Wildman–Crippen LogP) is 4.50. The van der Waals surface area contributed by atoms with E-state index < -0.39 is 5.97 Å². The Bertz CT molecular complexity index is 831. The first kappa shape index (κ1) is 19.7. The minimum absolute atomic E-state index is 0.211. The highest BCUT2D eigenvalue weighted by Gasteiger charge is 2.32. The molecule has 0 saturated carbocycles. The van der Waals surface area contributed by atoms with Crippen LogP contribution in [-0.4, -0.2) is 35.6 Å². The average Bonchev–Trinajstić information content (AvgIpc) is 2.60. The van der Waals surface area contributed by atoms with Gasteiger partial charge in [-0.05, 0) is 61.2 Å². The normalized spacial score (nSPS) is 14.8. The summed E-state index contributed by atoms with van der Waals surface area (Å²) in [4.78, 5) is 15.5. The Labute approximate surface area is 166 Å². The largest absolute Gasteiger partial charge is 0.481 e. The van der Waals surface area contributed by atoms with Crippen molar-refractivity contribution in [2.24, 2.45) is 5.92 Å². The SMILES string of the molecule is CCN(Cc1cccc(CN2CC(C(=O)O)C2)c1C)c1ccc(Cl)c(C)c1. The van der Waals surface area contributed by atoms with Crippen molar-refractivity contribution in [2.45, 2.75) is 33.9 Å². The van der Waals surface area contributed by atoms with Crippen molar-refractivity contribution in [3.63, 3.8) is 0 Å². The summed E-state index contributed by atoms with van der Waals surface area (Å²) >= 11 is 6.17. The van der Waals surface area contributed by atoms with Crippen LogP contribution in [0.25, 0.3) is 0 Å². The summed E-state index contributed by atoms with van der Waals surface area (Å²) in [7, 11) is 0. The molecule has 2 aromatic rings. The third-order valence-electron chi connectivity index (χ3n) is 5.51. The first-order valence-corrected chi connectivity index (χ1v) is 9.80. The van der Waals surface area contributed by atoms with E-state index in [1.54, 1.807) is 0 Å². The molecule has 0 radical (unpaired) electrons. The van der Waals surface area contributed by atoms with Crippen LogP contribution < -0.4 is 4.90 Å². The number of carbonyl (C=O) groups is 1. The molecule has 1 fully saturated rings. The van der Waals surface area contributed by atoms with Crippen molar-refractivity contribution in [1.82, 2.24) is 4.90 Å². The van der Waals surface area contributed by atoms with Gasteiger partial charge in [-0.15, -0.1) is 0 Å². The van der Waals surface area contributed by atoms with Crippen LogP contribution in [0.4, 0.5) is 5.69 Å². The third kappa shape index (κ3) is 4.45. The molecular formula is C22H27ClN2O2. The number of hydrogen-bond donors (Lipinski definition) is 1. The molecule has 0 amide bonds. The number of carboxylic acids is 1. The van der Waals surface area contributed by atoms with Crippen LogP contribution in [0.3, 0.4) is 0 Å². The van der Waals surface area contributed by atoms with E-state index in [1.807, 2.05) is 13.0 Å². The molecule has 2 aromatic carbocycles. The molecule has 0 unspecified atom stereocenters. The van der Waals surface area contributed by atoms with E-state index in [9.17, 15) is 4.79 Å². The molecule has 0 bridgehead atoms. The Balaban J connectivity index is 1.72. The summed E-state index contributed by atoms with van der Waals surface area (Å²) in [6, 6.07) is 12.6. The Morgan fingerprint density at radius 2 is 1.93 bits per heavy atom. The van der Waals surface area contributed by atoms with Crippen molar-refractivity contribution in [3.05, 3.63) is 63.7 Å². The van der Waals surface area contributed by atoms with Gasteiger partial charge in [-0.25, -0.2) is 0 Å². The lowest BCUT2D eigenvalue weighted by Gasteiger charge is -2.37. The van der Waals surface area contributed by atoms with Gasteiger partial charge in [-0.1, -0.05) is 29.8 Å². The predicted molar refractivity (Wildman–Crippen MR) is 110 cm³/mol. The lowest BCUT2D eigenvalue weighted by Crippen LogP contribution is -2.49. The Morgan fingerprint density at radius 3 is 2.56 bits per heavy atom. The van der Waals surface area contributed by atoms with Crippen molar-refractivity contribution < 1.29 is 9.90 Å². The second-order valence-electron chi connectivity index (χ2n) is 7.38. The van der Waals surface area contributed by atoms with Crippen LogP contribution in [0.2, 0.25) is 5.02 Å². The maximum Gasteiger partial charge on any atom is 0.309 e. The molecule has 1 saturated heterocycles. The van der Waals surface area contributed by atoms with Gasteiger partial charge in [0.2, 0.25) is 0 Å². The minimum atomic E-state index is -0.687. The van der Waals surface area contributed by atoms with Crippen LogP contribution in [0, 0.1) is 19.8 Å². The van der Waals surface area contributed by atoms with Crippen LogP contribution in [0.1, 0.15) is 29.2 Å². The van der Waals surface area contributed by atoms with E-state index >= 15 is 0 Å². The number of rotatable bonds is 7. The fourth-order valence-electron chi connectivity index (χ4n) is 3.59. The molecular weight excluding hydrogens is 360 g/mol. The number of anilines is 1. The highest BCUT2D eigenvalue weighted by molar-refractivity contribution is 6.31. The number of nitrogens with zero attached hydrogens (tertiary/aromatic N) is 2. The molecule has 5 heteroatoms. The first-order chi connectivity index (χ1) is 12.9. The van der Waals surface area contributed by atoms with E-state index in [2.05, 4.69) is 54.0 Å². The number of benzene rings is 2. The number of hydrogen-bond acceptors (Lipinski definition) is 3. The van der Waals surface area contributed by atoms with Crippen LogP contribution in [-0.2, 0) is 17.9 Å². The number of halogens is 1. The highest BCUT2D eigenvalue weighted by atomic mass is 35.5. The minimum Gasteiger partial charge on any atom is -0.481 e. The summed E-state index contributed by atoms with van der Waals surface area (Å²) in [6.45, 7) is 10.2. The van der Waals surface area contributed by atoms with Gasteiger partial charge >= 0.3 is 5.97 Å². The smallest absolute Gasteiger partial charge is 0.309 e. The quantitative estimate of drug-likeness (QED) is 0.760. The maximum absolute atomic E-state index is 11.0. The zero-order chi connectivity index (χ0) is 19.6. The molecule has 144 valence electrons. The molecule has 1 aliphatic rings. The van der Waals surface area contributed by atoms with Gasteiger partial charge in [0, 0.05) is 43.4 Å². The molecule has 0 atom stereocenters. The Hall–Kier alpha value is -2.04. The molecule has 4 nitrogen and oxygen atoms in total. The van der Waals surface area contributed by atoms with Gasteiger partial charge < -0.3 is 10.0 Å². The van der Waals surface area contributed by atoms with Crippen molar-refractivity contribution in [1.29, 1.82) is 0 Å². The summed E-state index contributed by atoms with van der Waals surface area (Å²) < 4.78 is 0. The second kappa shape index (κ2) is 8.32. The lowest BCUT2D eigenvalue weighted by atomic mass is 9.96. The fourth-order valence-corrected chi connectivity index (χ4v) is 3.71. The molecule has 1 aliphatic heterocycles. The highest BCUT2D eigenvalue weighted by Crippen LogP contribution is 2.26. The molecule has 3 rings (SSSR count). The summed E-state index contributed by atoms with van der Waals surface area (Å²) in [5, 5.41) is 9.84. The van der Waals surface area contributed by atoms with Gasteiger partial charge in [0.1, 0.15) is 0 Å². The average molecular weight is 387 g/mol. The summed E-state index contributed by atoms with van der Waals surface area (Å²) in [5.74, 6) is -0.897. The number of carboxylic acid groups (broad SMARTS) is 1. The van der Waals surface area contributed by atoms with Gasteiger partial charge in [0.05, 0.1) is 5.92 Å². The van der Waals surface area contributed by atoms with E-state index in [0.717, 1.165) is 30.2 Å². The van der Waals surface area contributed by atoms with Gasteiger partial charge in [0.15, 0.2) is 0 Å². The van der Waals surface area contributed by atoms with E-state index in [-0.39, 0.29) is 5.92 Å². The number of aryl methyl sites for hydroxylation is 1. The second-order valence-corrected chi connectivity index (χ2v) is 7.79. The molecule has 0 aliphatic carbocycles. The zero-order valence-electron chi connectivity index (χ0n) is 16.2. The first-order valence-electron chi connectivity index (χ1n) is 9.42. The maximum atomic E-state index is 11.0. The van der Waals surface area contributed by atoms with Crippen molar-refractivity contribution in [2.75, 3.05) is 24.5 Å². The molecule has 1 N–H and O–H groups in total. The molecule has 27 heavy (non-hydrogen) atoms. The standard InChI is InChI=1S/C22H27ClN2O2/c1-4-25(20-8-9-21(23)15(2)10-20)14-18-7-5-6-17(16(18)3)11-24-12-19(13-24)22(26)27/h5-10,19H,4,11-14H2,1-3H3,(H,26,27). The van der Waals surface area contributed by atoms with Crippen molar-refractivity contribution >= 4 is 23.3 Å². The Kier molecular flexibility index (Phi) is 6.08. The van der Waals surface area contributed by atoms with E-state index in [1.165, 1.54) is 22.4 Å². The van der Waals surface area contributed by atoms with E-state index in [4.69, 9.17) is 16.7 Å². The monoisotopic (exact) mass is 386 g/mol. The fraction of sp³-hybridized carbons (Fsp3) is 0.409. The van der Waals surface area contributed by atoms with Crippen molar-refractivity contribution in [3.8, 4) is 0 Å². The summed E-state index contributed by atoms with van der Waals surface area (Å²) in [6.07, 6.45) is 0. The number of aliphatic carboxylic acids is 1. The van der Waals surface area contributed by atoms with Gasteiger partial charge in [-0.3, -0.25) is 9.69 Å². The van der Waals surface area contributed by atoms with Crippen LogP contribution in [0.5, 0.6) is 0 Å². The third-order valence-corrected chi connectivity index (χ3v) is 5.93. The molecule has 0 spiro atoms. The molecule has 1 heterocycles. The summed E-state index contributed by atoms with van der Waals surface area (Å²) in [5.41, 5.74) is 6.14. The topological polar surface area (TPSA) is 43.8 Å². The van der Waals surface area contributed by atoms with Crippen LogP contribution >= 0.6 is 11.6 Å². The Morgan fingerprint density at radius 1 is 1.22 bits per heavy atom. The number of likely N-dealkylation sites (tertiary alicyclic amines) is 1. The zero-order valence-corrected chi connectivity index (χ0v) is 17.0. The van der Waals surface area contributed by atoms with Crippen LogP contribution in [0.15, 0.2) is 36.4 Å². The molecule has 0 aromatic heterocycles. The van der Waals surface area contributed by atoms with Gasteiger partial charge in [0.25, 0.3) is 0 Å². The van der Waals surface area contributed by atoms with Gasteiger partial charge in [-0.2, -0.15) is 0 Å².